The number of rotatable bonds is 5. The zero-order valence-electron chi connectivity index (χ0n) is 17.4. The Labute approximate surface area is 189 Å². The van der Waals surface area contributed by atoms with E-state index in [2.05, 4.69) is 39.8 Å². The number of aromatic nitrogens is 4. The van der Waals surface area contributed by atoms with Crippen LogP contribution in [0.15, 0.2) is 48.5 Å². The minimum absolute atomic E-state index is 0.237. The molecule has 0 saturated heterocycles. The van der Waals surface area contributed by atoms with Gasteiger partial charge in [-0.15, -0.1) is 10.2 Å². The Balaban J connectivity index is 1.44. The molecular formula is C22H22N6OS2. The predicted molar refractivity (Wildman–Crippen MR) is 128 cm³/mol. The lowest BCUT2D eigenvalue weighted by molar-refractivity contribution is 0.0977. The van der Waals surface area contributed by atoms with Crippen LogP contribution < -0.4 is 10.6 Å². The van der Waals surface area contributed by atoms with E-state index in [1.165, 1.54) is 16.9 Å². The van der Waals surface area contributed by atoms with Crippen LogP contribution in [0, 0.1) is 0 Å². The first kappa shape index (κ1) is 21.1. The molecule has 2 aromatic carbocycles. The molecule has 2 N–H and O–H groups in total. The van der Waals surface area contributed by atoms with Crippen molar-refractivity contribution < 1.29 is 4.79 Å². The molecule has 0 fully saturated rings. The van der Waals surface area contributed by atoms with Gasteiger partial charge in [-0.1, -0.05) is 56.4 Å². The number of thiocarbonyl (C=S) groups is 1. The van der Waals surface area contributed by atoms with E-state index in [9.17, 15) is 4.79 Å². The van der Waals surface area contributed by atoms with Crippen LogP contribution in [-0.2, 0) is 6.42 Å². The summed E-state index contributed by atoms with van der Waals surface area (Å²) in [4.78, 5) is 13.2. The lowest BCUT2D eigenvalue weighted by Crippen LogP contribution is -2.34. The van der Waals surface area contributed by atoms with Gasteiger partial charge in [0.1, 0.15) is 5.01 Å². The topological polar surface area (TPSA) is 84.2 Å². The number of anilines is 1. The Hall–Kier alpha value is -3.17. The van der Waals surface area contributed by atoms with E-state index in [0.29, 0.717) is 11.5 Å². The quantitative estimate of drug-likeness (QED) is 0.430. The third kappa shape index (κ3) is 4.62. The Kier molecular flexibility index (Phi) is 6.06. The van der Waals surface area contributed by atoms with Gasteiger partial charge < -0.3 is 5.32 Å². The van der Waals surface area contributed by atoms with Crippen molar-refractivity contribution in [2.75, 3.05) is 5.32 Å². The minimum atomic E-state index is -0.246. The summed E-state index contributed by atoms with van der Waals surface area (Å²) in [5, 5.41) is 19.8. The van der Waals surface area contributed by atoms with Crippen molar-refractivity contribution in [2.45, 2.75) is 33.1 Å². The second-order valence-corrected chi connectivity index (χ2v) is 8.70. The van der Waals surface area contributed by atoms with Gasteiger partial charge >= 0.3 is 0 Å². The molecular weight excluding hydrogens is 428 g/mol. The van der Waals surface area contributed by atoms with E-state index in [4.69, 9.17) is 12.2 Å². The molecule has 0 spiro atoms. The molecule has 0 aliphatic rings. The monoisotopic (exact) mass is 450 g/mol. The molecule has 4 rings (SSSR count). The largest absolute Gasteiger partial charge is 0.332 e. The number of nitrogens with zero attached hydrogens (tertiary/aromatic N) is 4. The fourth-order valence-corrected chi connectivity index (χ4v) is 4.15. The van der Waals surface area contributed by atoms with Crippen molar-refractivity contribution in [1.82, 2.24) is 25.1 Å². The molecule has 0 bridgehead atoms. The Morgan fingerprint density at radius 2 is 1.94 bits per heavy atom. The molecule has 0 unspecified atom stereocenters. The summed E-state index contributed by atoms with van der Waals surface area (Å²) in [5.41, 5.74) is 3.44. The molecule has 0 aliphatic carbocycles. The van der Waals surface area contributed by atoms with Gasteiger partial charge in [-0.25, -0.2) is 0 Å². The fraction of sp³-hybridized carbons (Fsp3) is 0.227. The van der Waals surface area contributed by atoms with E-state index in [-0.39, 0.29) is 11.0 Å². The van der Waals surface area contributed by atoms with Gasteiger partial charge in [-0.3, -0.25) is 10.1 Å². The standard InChI is InChI=1S/C22H22N6OS2/c1-4-18-25-26-22-28(18)27-20(31-22)16-6-5-7-17(12-16)23-21(30)24-19(29)15-10-8-14(9-11-15)13(2)3/h5-13H,4H2,1-3H3,(H2,23,24,29,30). The van der Waals surface area contributed by atoms with Gasteiger partial charge in [0.2, 0.25) is 4.96 Å². The number of fused-ring (bicyclic) bond motifs is 1. The first-order chi connectivity index (χ1) is 14.9. The summed E-state index contributed by atoms with van der Waals surface area (Å²) < 4.78 is 1.77. The molecule has 9 heteroatoms. The molecule has 2 aromatic heterocycles. The smallest absolute Gasteiger partial charge is 0.257 e. The summed E-state index contributed by atoms with van der Waals surface area (Å²) in [5.74, 6) is 1.00. The Bertz CT molecular complexity index is 1240. The predicted octanol–water partition coefficient (Wildman–Crippen LogP) is 4.67. The number of benzene rings is 2. The van der Waals surface area contributed by atoms with Crippen molar-refractivity contribution in [3.63, 3.8) is 0 Å². The van der Waals surface area contributed by atoms with Gasteiger partial charge in [0.05, 0.1) is 0 Å². The number of carbonyl (C=O) groups is 1. The summed E-state index contributed by atoms with van der Waals surface area (Å²) in [6, 6.07) is 15.3. The van der Waals surface area contributed by atoms with E-state index < -0.39 is 0 Å². The first-order valence-electron chi connectivity index (χ1n) is 9.98. The molecule has 0 aliphatic heterocycles. The van der Waals surface area contributed by atoms with Crippen molar-refractivity contribution in [2.24, 2.45) is 0 Å². The van der Waals surface area contributed by atoms with Crippen LogP contribution >= 0.6 is 23.6 Å². The SMILES string of the molecule is CCc1nnc2sc(-c3cccc(NC(=S)NC(=O)c4ccc(C(C)C)cc4)c3)nn12. The molecule has 31 heavy (non-hydrogen) atoms. The highest BCUT2D eigenvalue weighted by atomic mass is 32.1. The third-order valence-electron chi connectivity index (χ3n) is 4.81. The lowest BCUT2D eigenvalue weighted by Gasteiger charge is -2.11. The van der Waals surface area contributed by atoms with Gasteiger partial charge in [-0.05, 0) is 48.0 Å². The Morgan fingerprint density at radius 3 is 2.65 bits per heavy atom. The highest BCUT2D eigenvalue weighted by molar-refractivity contribution is 7.80. The van der Waals surface area contributed by atoms with Crippen molar-refractivity contribution in [3.05, 3.63) is 65.5 Å². The average molecular weight is 451 g/mol. The van der Waals surface area contributed by atoms with E-state index in [1.54, 1.807) is 4.52 Å². The summed E-state index contributed by atoms with van der Waals surface area (Å²) >= 11 is 6.81. The molecule has 0 radical (unpaired) electrons. The van der Waals surface area contributed by atoms with Crippen LogP contribution in [0.2, 0.25) is 0 Å². The zero-order chi connectivity index (χ0) is 22.0. The highest BCUT2D eigenvalue weighted by Gasteiger charge is 2.13. The average Bonchev–Trinajstić information content (AvgIpc) is 3.34. The van der Waals surface area contributed by atoms with Gasteiger partial charge in [0.15, 0.2) is 10.9 Å². The van der Waals surface area contributed by atoms with Crippen LogP contribution in [-0.4, -0.2) is 30.8 Å². The fourth-order valence-electron chi connectivity index (χ4n) is 3.08. The van der Waals surface area contributed by atoms with Crippen molar-refractivity contribution in [1.29, 1.82) is 0 Å². The number of aryl methyl sites for hydroxylation is 1. The lowest BCUT2D eigenvalue weighted by atomic mass is 10.0. The maximum atomic E-state index is 12.5. The number of hydrogen-bond acceptors (Lipinski definition) is 6. The number of nitrogens with one attached hydrogen (secondary N) is 2. The highest BCUT2D eigenvalue weighted by Crippen LogP contribution is 2.27. The first-order valence-corrected chi connectivity index (χ1v) is 11.2. The zero-order valence-corrected chi connectivity index (χ0v) is 19.0. The van der Waals surface area contributed by atoms with Crippen LogP contribution in [0.1, 0.15) is 48.4 Å². The van der Waals surface area contributed by atoms with Crippen LogP contribution in [0.4, 0.5) is 5.69 Å². The molecule has 1 amide bonds. The third-order valence-corrected chi connectivity index (χ3v) is 5.96. The van der Waals surface area contributed by atoms with Crippen LogP contribution in [0.3, 0.4) is 0 Å². The molecule has 4 aromatic rings. The van der Waals surface area contributed by atoms with Gasteiger partial charge in [-0.2, -0.15) is 9.61 Å². The molecule has 0 atom stereocenters. The maximum Gasteiger partial charge on any atom is 0.257 e. The van der Waals surface area contributed by atoms with Crippen LogP contribution in [0.25, 0.3) is 15.5 Å². The molecule has 7 nitrogen and oxygen atoms in total. The normalized spacial score (nSPS) is 11.1. The molecule has 0 saturated carbocycles. The summed E-state index contributed by atoms with van der Waals surface area (Å²) in [7, 11) is 0. The van der Waals surface area contributed by atoms with E-state index in [1.807, 2.05) is 55.5 Å². The van der Waals surface area contributed by atoms with Crippen molar-refractivity contribution in [3.8, 4) is 10.6 Å². The number of amides is 1. The Morgan fingerprint density at radius 1 is 1.16 bits per heavy atom. The number of hydrogen-bond donors (Lipinski definition) is 2. The second kappa shape index (κ2) is 8.91. The van der Waals surface area contributed by atoms with E-state index >= 15 is 0 Å². The van der Waals surface area contributed by atoms with Gasteiger partial charge in [0.25, 0.3) is 5.91 Å². The summed E-state index contributed by atoms with van der Waals surface area (Å²) in [6.07, 6.45) is 0.764. The number of carbonyl (C=O) groups excluding carboxylic acids is 1. The summed E-state index contributed by atoms with van der Waals surface area (Å²) in [6.45, 7) is 6.25. The second-order valence-electron chi connectivity index (χ2n) is 7.34. The molecule has 2 heterocycles. The van der Waals surface area contributed by atoms with Crippen LogP contribution in [0.5, 0.6) is 0 Å². The maximum absolute atomic E-state index is 12.5. The van der Waals surface area contributed by atoms with Gasteiger partial charge in [0, 0.05) is 23.2 Å². The van der Waals surface area contributed by atoms with E-state index in [0.717, 1.165) is 33.5 Å². The molecule has 158 valence electrons. The minimum Gasteiger partial charge on any atom is -0.332 e. The van der Waals surface area contributed by atoms with Crippen molar-refractivity contribution >= 4 is 45.2 Å².